The van der Waals surface area contributed by atoms with Gasteiger partial charge in [0.15, 0.2) is 5.01 Å². The number of nitrogens with zero attached hydrogens (tertiary/aromatic N) is 4. The number of carbonyl (C=O) groups excluding carboxylic acids is 1. The first kappa shape index (κ1) is 22.1. The van der Waals surface area contributed by atoms with Gasteiger partial charge in [0.1, 0.15) is 5.69 Å². The van der Waals surface area contributed by atoms with E-state index in [2.05, 4.69) is 30.0 Å². The van der Waals surface area contributed by atoms with Crippen molar-refractivity contribution in [3.63, 3.8) is 0 Å². The Balaban J connectivity index is 1.43. The normalized spacial score (nSPS) is 14.6. The topological polar surface area (TPSA) is 136 Å². The molecule has 1 fully saturated rings. The minimum absolute atomic E-state index is 0.265. The van der Waals surface area contributed by atoms with Gasteiger partial charge in [0.2, 0.25) is 15.9 Å². The van der Waals surface area contributed by atoms with Gasteiger partial charge in [0, 0.05) is 12.4 Å². The molecule has 1 aliphatic carbocycles. The molecule has 32 heavy (non-hydrogen) atoms. The summed E-state index contributed by atoms with van der Waals surface area (Å²) in [6.45, 7) is 4.10. The third-order valence-corrected chi connectivity index (χ3v) is 7.54. The molecule has 10 nitrogen and oxygen atoms in total. The number of amides is 1. The molecule has 1 atom stereocenters. The van der Waals surface area contributed by atoms with Crippen LogP contribution in [-0.2, 0) is 10.0 Å². The summed E-state index contributed by atoms with van der Waals surface area (Å²) in [7, 11) is -3.37. The third-order valence-electron chi connectivity index (χ3n) is 4.65. The average Bonchev–Trinajstić information content (AvgIpc) is 3.52. The minimum Gasteiger partial charge on any atom is -0.477 e. The summed E-state index contributed by atoms with van der Waals surface area (Å²) in [5, 5.41) is 2.78. The number of ether oxygens (including phenoxy) is 1. The Kier molecular flexibility index (Phi) is 6.33. The van der Waals surface area contributed by atoms with Crippen LogP contribution in [-0.4, -0.2) is 46.1 Å². The fourth-order valence-corrected chi connectivity index (χ4v) is 5.04. The summed E-state index contributed by atoms with van der Waals surface area (Å²) >= 11 is 1.19. The average molecular weight is 475 g/mol. The van der Waals surface area contributed by atoms with E-state index in [1.165, 1.54) is 23.7 Å². The van der Waals surface area contributed by atoms with Crippen LogP contribution >= 0.6 is 11.3 Å². The Morgan fingerprint density at radius 3 is 2.84 bits per heavy atom. The summed E-state index contributed by atoms with van der Waals surface area (Å²) in [6, 6.07) is 2.75. The Bertz CT molecular complexity index is 1230. The number of hydrogen-bond acceptors (Lipinski definition) is 9. The first-order chi connectivity index (χ1) is 15.4. The SMILES string of the molecule is CCOc1cncc(-c2cnc(C(=O)N[C@@H](C)c3cc(NS(=O)(=O)C4CC4)ccn3)s2)n1. The monoisotopic (exact) mass is 474 g/mol. The van der Waals surface area contributed by atoms with E-state index in [-0.39, 0.29) is 16.2 Å². The van der Waals surface area contributed by atoms with Crippen molar-refractivity contribution >= 4 is 33.0 Å². The molecule has 1 saturated carbocycles. The second-order valence-corrected chi connectivity index (χ2v) is 10.2. The van der Waals surface area contributed by atoms with Gasteiger partial charge < -0.3 is 10.1 Å². The molecule has 2 N–H and O–H groups in total. The van der Waals surface area contributed by atoms with E-state index in [4.69, 9.17) is 4.74 Å². The van der Waals surface area contributed by atoms with Crippen LogP contribution in [0.1, 0.15) is 48.2 Å². The van der Waals surface area contributed by atoms with E-state index in [1.807, 2.05) is 6.92 Å². The predicted octanol–water partition coefficient (Wildman–Crippen LogP) is 2.79. The van der Waals surface area contributed by atoms with Crippen molar-refractivity contribution in [2.24, 2.45) is 0 Å². The molecule has 1 aliphatic rings. The number of nitrogens with one attached hydrogen (secondary N) is 2. The molecule has 1 amide bonds. The lowest BCUT2D eigenvalue weighted by Crippen LogP contribution is -2.27. The molecule has 0 radical (unpaired) electrons. The molecule has 0 aromatic carbocycles. The number of anilines is 1. The predicted molar refractivity (Wildman–Crippen MR) is 120 cm³/mol. The molecule has 3 aromatic rings. The quantitative estimate of drug-likeness (QED) is 0.483. The Morgan fingerprint density at radius 2 is 2.09 bits per heavy atom. The molecule has 0 aliphatic heterocycles. The number of sulfonamides is 1. The van der Waals surface area contributed by atoms with Gasteiger partial charge in [0.25, 0.3) is 5.91 Å². The van der Waals surface area contributed by atoms with E-state index in [9.17, 15) is 13.2 Å². The number of aromatic nitrogens is 4. The van der Waals surface area contributed by atoms with Gasteiger partial charge in [-0.05, 0) is 38.8 Å². The molecule has 0 saturated heterocycles. The second kappa shape index (κ2) is 9.17. The molecule has 0 bridgehead atoms. The van der Waals surface area contributed by atoms with Gasteiger partial charge in [-0.15, -0.1) is 11.3 Å². The number of rotatable bonds is 9. The van der Waals surface area contributed by atoms with Gasteiger partial charge in [-0.1, -0.05) is 0 Å². The van der Waals surface area contributed by atoms with Crippen LogP contribution in [0.4, 0.5) is 5.69 Å². The lowest BCUT2D eigenvalue weighted by Gasteiger charge is -2.14. The minimum atomic E-state index is -3.37. The second-order valence-electron chi connectivity index (χ2n) is 7.22. The van der Waals surface area contributed by atoms with E-state index in [1.54, 1.807) is 31.5 Å². The number of carbonyl (C=O) groups is 1. The lowest BCUT2D eigenvalue weighted by atomic mass is 10.2. The Hall–Kier alpha value is -3.12. The summed E-state index contributed by atoms with van der Waals surface area (Å²) in [4.78, 5) is 30.3. The van der Waals surface area contributed by atoms with Crippen molar-refractivity contribution in [2.75, 3.05) is 11.3 Å². The van der Waals surface area contributed by atoms with Crippen molar-refractivity contribution in [2.45, 2.75) is 38.0 Å². The third kappa shape index (κ3) is 5.19. The molecule has 12 heteroatoms. The number of hydrogen-bond donors (Lipinski definition) is 2. The lowest BCUT2D eigenvalue weighted by molar-refractivity contribution is 0.0938. The fraction of sp³-hybridized carbons (Fsp3) is 0.350. The number of thiazole rings is 1. The van der Waals surface area contributed by atoms with E-state index >= 15 is 0 Å². The van der Waals surface area contributed by atoms with Crippen LogP contribution in [0.3, 0.4) is 0 Å². The van der Waals surface area contributed by atoms with Crippen molar-refractivity contribution in [3.05, 3.63) is 47.6 Å². The van der Waals surface area contributed by atoms with Gasteiger partial charge in [-0.2, -0.15) is 0 Å². The number of pyridine rings is 1. The van der Waals surface area contributed by atoms with Gasteiger partial charge >= 0.3 is 0 Å². The van der Waals surface area contributed by atoms with Crippen molar-refractivity contribution < 1.29 is 17.9 Å². The molecule has 168 valence electrons. The summed E-state index contributed by atoms with van der Waals surface area (Å²) in [5.74, 6) is 0.0368. The Labute approximate surface area is 189 Å². The van der Waals surface area contributed by atoms with Gasteiger partial charge in [-0.3, -0.25) is 19.5 Å². The first-order valence-corrected chi connectivity index (χ1v) is 12.4. The van der Waals surface area contributed by atoms with E-state index in [0.29, 0.717) is 47.3 Å². The zero-order chi connectivity index (χ0) is 22.7. The summed E-state index contributed by atoms with van der Waals surface area (Å²) in [5.41, 5.74) is 1.52. The maximum absolute atomic E-state index is 12.7. The zero-order valence-corrected chi connectivity index (χ0v) is 19.1. The molecule has 0 unspecified atom stereocenters. The molecular formula is C20H22N6O4S2. The highest BCUT2D eigenvalue weighted by molar-refractivity contribution is 7.93. The maximum Gasteiger partial charge on any atom is 0.280 e. The van der Waals surface area contributed by atoms with E-state index in [0.717, 1.165) is 0 Å². The first-order valence-electron chi connectivity index (χ1n) is 10.0. The molecule has 4 rings (SSSR count). The maximum atomic E-state index is 12.7. The van der Waals surface area contributed by atoms with Crippen molar-refractivity contribution in [1.29, 1.82) is 0 Å². The molecular weight excluding hydrogens is 452 g/mol. The van der Waals surface area contributed by atoms with E-state index < -0.39 is 16.1 Å². The van der Waals surface area contributed by atoms with Gasteiger partial charge in [-0.25, -0.2) is 18.4 Å². The summed E-state index contributed by atoms with van der Waals surface area (Å²) < 4.78 is 32.3. The highest BCUT2D eigenvalue weighted by Gasteiger charge is 2.35. The molecule has 3 aromatic heterocycles. The van der Waals surface area contributed by atoms with Crippen molar-refractivity contribution in [1.82, 2.24) is 25.3 Å². The largest absolute Gasteiger partial charge is 0.477 e. The van der Waals surface area contributed by atoms with Crippen LogP contribution in [0, 0.1) is 0 Å². The standard InChI is InChI=1S/C20H22N6O4S2/c1-3-30-18-11-21-9-16(25-18)17-10-23-20(31-17)19(27)24-12(2)15-8-13(6-7-22-15)26-32(28,29)14-4-5-14/h6-12,14H,3-5H2,1-2H3,(H,22,26)(H,24,27)/t12-/m0/s1. The van der Waals surface area contributed by atoms with Crippen LogP contribution in [0.15, 0.2) is 36.9 Å². The highest BCUT2D eigenvalue weighted by atomic mass is 32.2. The van der Waals surface area contributed by atoms with Crippen LogP contribution in [0.2, 0.25) is 0 Å². The van der Waals surface area contributed by atoms with Gasteiger partial charge in [0.05, 0.1) is 46.6 Å². The molecule has 3 heterocycles. The van der Waals surface area contributed by atoms with Crippen LogP contribution in [0.5, 0.6) is 5.88 Å². The fourth-order valence-electron chi connectivity index (χ4n) is 2.89. The smallest absolute Gasteiger partial charge is 0.280 e. The van der Waals surface area contributed by atoms with Crippen molar-refractivity contribution in [3.8, 4) is 16.5 Å². The Morgan fingerprint density at radius 1 is 1.28 bits per heavy atom. The highest BCUT2D eigenvalue weighted by Crippen LogP contribution is 2.30. The van der Waals surface area contributed by atoms with Crippen LogP contribution < -0.4 is 14.8 Å². The van der Waals surface area contributed by atoms with Crippen LogP contribution in [0.25, 0.3) is 10.6 Å². The molecule has 0 spiro atoms. The summed E-state index contributed by atoms with van der Waals surface area (Å²) in [6.07, 6.45) is 7.53. The zero-order valence-electron chi connectivity index (χ0n) is 17.5.